The van der Waals surface area contributed by atoms with Crippen molar-refractivity contribution < 1.29 is 4.79 Å². The van der Waals surface area contributed by atoms with Crippen LogP contribution in [0.1, 0.15) is 0 Å². The number of benzene rings is 2. The van der Waals surface area contributed by atoms with Gasteiger partial charge < -0.3 is 10.6 Å². The molecule has 104 valence electrons. The fourth-order valence-electron chi connectivity index (χ4n) is 1.44. The van der Waals surface area contributed by atoms with Crippen LogP contribution in [0, 0.1) is 0 Å². The molecule has 0 heterocycles. The minimum absolute atomic E-state index is 0.250. The van der Waals surface area contributed by atoms with E-state index in [0.29, 0.717) is 0 Å². The van der Waals surface area contributed by atoms with E-state index in [4.69, 9.17) is 4.79 Å². The highest BCUT2D eigenvalue weighted by atomic mass is 16.1. The van der Waals surface area contributed by atoms with Gasteiger partial charge in [0.1, 0.15) is 0 Å². The van der Waals surface area contributed by atoms with Gasteiger partial charge in [-0.3, -0.25) is 4.79 Å². The summed E-state index contributed by atoms with van der Waals surface area (Å²) >= 11 is 0. The molecule has 2 N–H and O–H groups in total. The van der Waals surface area contributed by atoms with Crippen molar-refractivity contribution in [2.45, 2.75) is 0 Å². The second-order valence-corrected chi connectivity index (χ2v) is 4.09. The van der Waals surface area contributed by atoms with Crippen LogP contribution in [0.15, 0.2) is 64.8 Å². The maximum Gasteiger partial charge on any atom is 0.204 e. The summed E-state index contributed by atoms with van der Waals surface area (Å²) in [4.78, 5) is 10.6. The number of carbonyl (C=O) groups is 1. The number of primary amides is 1. The molecule has 20 heavy (non-hydrogen) atoms. The minimum Gasteiger partial charge on any atom is -0.378 e. The second-order valence-electron chi connectivity index (χ2n) is 4.09. The van der Waals surface area contributed by atoms with Crippen molar-refractivity contribution in [2.24, 2.45) is 16.0 Å². The second kappa shape index (κ2) is 8.42. The fourth-order valence-corrected chi connectivity index (χ4v) is 1.44. The lowest BCUT2D eigenvalue weighted by atomic mass is 10.3. The summed E-state index contributed by atoms with van der Waals surface area (Å²) in [5.74, 6) is 0. The average molecular weight is 270 g/mol. The van der Waals surface area contributed by atoms with Crippen molar-refractivity contribution in [3.8, 4) is 0 Å². The third-order valence-corrected chi connectivity index (χ3v) is 2.38. The molecule has 1 amide bonds. The van der Waals surface area contributed by atoms with Crippen molar-refractivity contribution in [2.75, 3.05) is 19.0 Å². The predicted molar refractivity (Wildman–Crippen MR) is 81.6 cm³/mol. The highest BCUT2D eigenvalue weighted by Crippen LogP contribution is 2.22. The Morgan fingerprint density at radius 3 is 2.10 bits per heavy atom. The Labute approximate surface area is 118 Å². The van der Waals surface area contributed by atoms with E-state index in [1.165, 1.54) is 0 Å². The van der Waals surface area contributed by atoms with Gasteiger partial charge in [0.25, 0.3) is 0 Å². The molecule has 5 nitrogen and oxygen atoms in total. The van der Waals surface area contributed by atoms with Gasteiger partial charge in [-0.25, -0.2) is 0 Å². The van der Waals surface area contributed by atoms with Crippen LogP contribution in [0.3, 0.4) is 0 Å². The van der Waals surface area contributed by atoms with Crippen molar-refractivity contribution in [3.05, 3.63) is 54.6 Å². The van der Waals surface area contributed by atoms with Gasteiger partial charge in [-0.2, -0.15) is 10.2 Å². The molecule has 0 aliphatic heterocycles. The number of amides is 1. The van der Waals surface area contributed by atoms with Gasteiger partial charge in [0.05, 0.1) is 11.4 Å². The molecular weight excluding hydrogens is 252 g/mol. The van der Waals surface area contributed by atoms with Crippen LogP contribution in [-0.2, 0) is 4.79 Å². The smallest absolute Gasteiger partial charge is 0.204 e. The molecule has 0 fully saturated rings. The van der Waals surface area contributed by atoms with E-state index in [-0.39, 0.29) is 6.41 Å². The minimum atomic E-state index is 0.250. The predicted octanol–water partition coefficient (Wildman–Crippen LogP) is 3.27. The van der Waals surface area contributed by atoms with Crippen LogP contribution in [0.5, 0.6) is 0 Å². The third-order valence-electron chi connectivity index (χ3n) is 2.38. The topological polar surface area (TPSA) is 71.1 Å². The van der Waals surface area contributed by atoms with Crippen molar-refractivity contribution in [1.29, 1.82) is 0 Å². The van der Waals surface area contributed by atoms with E-state index in [1.807, 2.05) is 73.6 Å². The summed E-state index contributed by atoms with van der Waals surface area (Å²) in [7, 11) is 4.01. The van der Waals surface area contributed by atoms with Gasteiger partial charge in [-0.1, -0.05) is 24.3 Å². The van der Waals surface area contributed by atoms with Crippen LogP contribution in [0.4, 0.5) is 17.1 Å². The Balaban J connectivity index is 0.000000612. The normalized spacial score (nSPS) is 9.70. The van der Waals surface area contributed by atoms with E-state index in [9.17, 15) is 0 Å². The van der Waals surface area contributed by atoms with Crippen LogP contribution in [0.2, 0.25) is 0 Å². The largest absolute Gasteiger partial charge is 0.378 e. The first kappa shape index (κ1) is 15.4. The van der Waals surface area contributed by atoms with Crippen molar-refractivity contribution in [1.82, 2.24) is 0 Å². The molecule has 0 spiro atoms. The first-order valence-corrected chi connectivity index (χ1v) is 6.07. The molecule has 0 atom stereocenters. The summed E-state index contributed by atoms with van der Waals surface area (Å²) in [5, 5.41) is 8.40. The molecule has 0 aliphatic rings. The van der Waals surface area contributed by atoms with Crippen LogP contribution in [0.25, 0.3) is 0 Å². The highest BCUT2D eigenvalue weighted by Gasteiger charge is 1.96. The monoisotopic (exact) mass is 270 g/mol. The summed E-state index contributed by atoms with van der Waals surface area (Å²) in [5.41, 5.74) is 7.01. The van der Waals surface area contributed by atoms with Crippen LogP contribution < -0.4 is 10.6 Å². The Morgan fingerprint density at radius 1 is 0.950 bits per heavy atom. The zero-order chi connectivity index (χ0) is 14.8. The molecule has 0 saturated heterocycles. The Bertz CT molecular complexity index is 553. The number of anilines is 1. The molecular formula is C15H18N4O. The summed E-state index contributed by atoms with van der Waals surface area (Å²) < 4.78 is 0. The van der Waals surface area contributed by atoms with E-state index < -0.39 is 0 Å². The van der Waals surface area contributed by atoms with Gasteiger partial charge in [0, 0.05) is 19.8 Å². The maximum atomic E-state index is 8.58. The van der Waals surface area contributed by atoms with Gasteiger partial charge >= 0.3 is 0 Å². The van der Waals surface area contributed by atoms with Gasteiger partial charge in [-0.05, 0) is 30.3 Å². The standard InChI is InChI=1S/C14H15N3.CH3NO/c1-17(2)14-10-6-9-13(11-14)16-15-12-7-4-3-5-8-12;2-1-3/h3-11H,1-2H3;1H,(H2,2,3)/b16-15+;. The molecule has 0 radical (unpaired) electrons. The molecule has 2 aromatic rings. The molecule has 2 rings (SSSR count). The number of hydrogen-bond donors (Lipinski definition) is 1. The molecule has 0 bridgehead atoms. The zero-order valence-corrected chi connectivity index (χ0v) is 11.6. The lowest BCUT2D eigenvalue weighted by molar-refractivity contribution is -0.106. The van der Waals surface area contributed by atoms with E-state index in [0.717, 1.165) is 17.1 Å². The fraction of sp³-hybridized carbons (Fsp3) is 0.133. The average Bonchev–Trinajstić information content (AvgIpc) is 2.47. The molecule has 0 aliphatic carbocycles. The molecule has 0 saturated carbocycles. The third kappa shape index (κ3) is 5.30. The molecule has 5 heteroatoms. The van der Waals surface area contributed by atoms with E-state index in [1.54, 1.807) is 0 Å². The van der Waals surface area contributed by atoms with Gasteiger partial charge in [-0.15, -0.1) is 0 Å². The maximum absolute atomic E-state index is 8.58. The summed E-state index contributed by atoms with van der Waals surface area (Å²) in [6.45, 7) is 0. The molecule has 0 aromatic heterocycles. The highest BCUT2D eigenvalue weighted by molar-refractivity contribution is 5.54. The number of hydrogen-bond acceptors (Lipinski definition) is 4. The lowest BCUT2D eigenvalue weighted by Gasteiger charge is -2.11. The van der Waals surface area contributed by atoms with Gasteiger partial charge in [0.15, 0.2) is 0 Å². The lowest BCUT2D eigenvalue weighted by Crippen LogP contribution is -2.07. The van der Waals surface area contributed by atoms with E-state index >= 15 is 0 Å². The number of nitrogens with two attached hydrogens (primary N) is 1. The van der Waals surface area contributed by atoms with Crippen LogP contribution >= 0.6 is 0 Å². The zero-order valence-electron chi connectivity index (χ0n) is 11.6. The SMILES string of the molecule is CN(C)c1cccc(/N=N/c2ccccc2)c1.NC=O. The van der Waals surface area contributed by atoms with Crippen molar-refractivity contribution >= 4 is 23.5 Å². The first-order chi connectivity index (χ1) is 9.67. The number of carbonyl (C=O) groups excluding carboxylic acids is 1. The van der Waals surface area contributed by atoms with Crippen molar-refractivity contribution in [3.63, 3.8) is 0 Å². The van der Waals surface area contributed by atoms with Crippen LogP contribution in [-0.4, -0.2) is 20.5 Å². The number of azo groups is 1. The first-order valence-electron chi connectivity index (χ1n) is 6.07. The Morgan fingerprint density at radius 2 is 1.50 bits per heavy atom. The Hall–Kier alpha value is -2.69. The molecule has 2 aromatic carbocycles. The quantitative estimate of drug-likeness (QED) is 0.686. The Kier molecular flexibility index (Phi) is 6.47. The number of rotatable bonds is 3. The summed E-state index contributed by atoms with van der Waals surface area (Å²) in [6.07, 6.45) is 0.250. The molecule has 0 unspecified atom stereocenters. The summed E-state index contributed by atoms with van der Waals surface area (Å²) in [6, 6.07) is 17.7. The van der Waals surface area contributed by atoms with Gasteiger partial charge in [0.2, 0.25) is 6.41 Å². The van der Waals surface area contributed by atoms with E-state index in [2.05, 4.69) is 16.0 Å². The number of nitrogens with zero attached hydrogens (tertiary/aromatic N) is 3.